The van der Waals surface area contributed by atoms with Crippen molar-refractivity contribution in [2.45, 2.75) is 24.5 Å². The Labute approximate surface area is 96.7 Å². The first-order valence-electron chi connectivity index (χ1n) is 5.10. The Morgan fingerprint density at radius 1 is 1.29 bits per heavy atom. The molecule has 0 saturated heterocycles. The maximum atomic E-state index is 12.5. The highest BCUT2D eigenvalue weighted by Crippen LogP contribution is 2.38. The zero-order chi connectivity index (χ0) is 12.3. The molecule has 1 N–H and O–H groups in total. The van der Waals surface area contributed by atoms with E-state index in [2.05, 4.69) is 15.2 Å². The summed E-state index contributed by atoms with van der Waals surface area (Å²) in [5.41, 5.74) is -0.874. The summed E-state index contributed by atoms with van der Waals surface area (Å²) >= 11 is 0. The Hall–Kier alpha value is -1.69. The zero-order valence-corrected chi connectivity index (χ0v) is 8.87. The maximum Gasteiger partial charge on any atom is 0.241 e. The van der Waals surface area contributed by atoms with Crippen LogP contribution in [0.4, 0.5) is 8.78 Å². The molecule has 0 fully saturated rings. The summed E-state index contributed by atoms with van der Waals surface area (Å²) in [7, 11) is 0. The molecule has 1 aromatic rings. The van der Waals surface area contributed by atoms with Crippen LogP contribution in [0.5, 0.6) is 0 Å². The van der Waals surface area contributed by atoms with E-state index in [1.165, 1.54) is 24.7 Å². The van der Waals surface area contributed by atoms with E-state index in [0.717, 1.165) is 0 Å². The topological polar surface area (TPSA) is 57.8 Å². The Morgan fingerprint density at radius 2 is 2.00 bits per heavy atom. The summed E-state index contributed by atoms with van der Waals surface area (Å²) in [5, 5.41) is 17.5. The summed E-state index contributed by atoms with van der Waals surface area (Å²) in [6.45, 7) is 0. The Morgan fingerprint density at radius 3 is 2.53 bits per heavy atom. The van der Waals surface area contributed by atoms with Gasteiger partial charge in [-0.2, -0.15) is 10.2 Å². The van der Waals surface area contributed by atoms with Crippen LogP contribution in [0.25, 0.3) is 0 Å². The van der Waals surface area contributed by atoms with Crippen LogP contribution in [-0.2, 0) is 0 Å². The van der Waals surface area contributed by atoms with Gasteiger partial charge in [0.15, 0.2) is 0 Å². The average Bonchev–Trinajstić information content (AvgIpc) is 2.78. The molecule has 0 amide bonds. The largest absolute Gasteiger partial charge is 0.385 e. The van der Waals surface area contributed by atoms with Gasteiger partial charge in [0.25, 0.3) is 0 Å². The number of aliphatic hydroxyl groups is 1. The van der Waals surface area contributed by atoms with Crippen molar-refractivity contribution in [3.8, 4) is 0 Å². The van der Waals surface area contributed by atoms with Gasteiger partial charge in [-0.1, -0.05) is 0 Å². The molecule has 4 nitrogen and oxygen atoms in total. The first-order valence-corrected chi connectivity index (χ1v) is 5.10. The lowest BCUT2D eigenvalue weighted by atomic mass is 9.86. The SMILES string of the molecule is OC(c1ccncc1)C1(CC(F)F)C=CN=N1. The number of azo groups is 1. The number of pyridine rings is 1. The Kier molecular flexibility index (Phi) is 3.23. The quantitative estimate of drug-likeness (QED) is 0.877. The van der Waals surface area contributed by atoms with Gasteiger partial charge < -0.3 is 5.11 Å². The van der Waals surface area contributed by atoms with E-state index in [9.17, 15) is 13.9 Å². The van der Waals surface area contributed by atoms with E-state index in [0.29, 0.717) is 5.56 Å². The predicted molar refractivity (Wildman–Crippen MR) is 56.5 cm³/mol. The molecule has 0 spiro atoms. The van der Waals surface area contributed by atoms with Crippen molar-refractivity contribution in [3.63, 3.8) is 0 Å². The van der Waals surface area contributed by atoms with E-state index in [4.69, 9.17) is 0 Å². The minimum absolute atomic E-state index is 0.492. The molecule has 2 atom stereocenters. The van der Waals surface area contributed by atoms with Crippen molar-refractivity contribution < 1.29 is 13.9 Å². The fourth-order valence-electron chi connectivity index (χ4n) is 1.78. The monoisotopic (exact) mass is 239 g/mol. The van der Waals surface area contributed by atoms with E-state index < -0.39 is 24.5 Å². The van der Waals surface area contributed by atoms with Crippen LogP contribution in [0.1, 0.15) is 18.1 Å². The number of halogens is 2. The number of aromatic nitrogens is 1. The van der Waals surface area contributed by atoms with Crippen molar-refractivity contribution in [1.82, 2.24) is 4.98 Å². The molecule has 0 radical (unpaired) electrons. The van der Waals surface area contributed by atoms with Gasteiger partial charge in [-0.25, -0.2) is 8.78 Å². The normalized spacial score (nSPS) is 24.5. The van der Waals surface area contributed by atoms with Crippen molar-refractivity contribution in [3.05, 3.63) is 42.4 Å². The van der Waals surface area contributed by atoms with Crippen LogP contribution < -0.4 is 0 Å². The van der Waals surface area contributed by atoms with Crippen LogP contribution in [0.2, 0.25) is 0 Å². The Balaban J connectivity index is 2.29. The van der Waals surface area contributed by atoms with Gasteiger partial charge in [0.1, 0.15) is 11.6 Å². The van der Waals surface area contributed by atoms with Crippen LogP contribution in [-0.4, -0.2) is 22.1 Å². The fraction of sp³-hybridized carbons (Fsp3) is 0.364. The first-order chi connectivity index (χ1) is 8.14. The standard InChI is InChI=1S/C11H11F2N3O/c12-9(13)7-11(3-6-15-16-11)10(17)8-1-4-14-5-2-8/h1-6,9-10,17H,7H2. The number of hydrogen-bond donors (Lipinski definition) is 1. The number of aliphatic hydroxyl groups excluding tert-OH is 1. The van der Waals surface area contributed by atoms with E-state index in [-0.39, 0.29) is 0 Å². The van der Waals surface area contributed by atoms with Gasteiger partial charge in [0, 0.05) is 25.0 Å². The zero-order valence-electron chi connectivity index (χ0n) is 8.87. The van der Waals surface area contributed by atoms with Gasteiger partial charge in [-0.05, 0) is 23.8 Å². The highest BCUT2D eigenvalue weighted by atomic mass is 19.3. The predicted octanol–water partition coefficient (Wildman–Crippen LogP) is 2.49. The summed E-state index contributed by atoms with van der Waals surface area (Å²) in [6, 6.07) is 3.14. The van der Waals surface area contributed by atoms with Crippen LogP contribution in [0, 0.1) is 0 Å². The molecule has 90 valence electrons. The van der Waals surface area contributed by atoms with E-state index in [1.54, 1.807) is 12.1 Å². The summed E-state index contributed by atoms with van der Waals surface area (Å²) in [5.74, 6) is 0. The van der Waals surface area contributed by atoms with Crippen LogP contribution in [0.15, 0.2) is 47.0 Å². The van der Waals surface area contributed by atoms with Gasteiger partial charge >= 0.3 is 0 Å². The minimum Gasteiger partial charge on any atom is -0.385 e. The van der Waals surface area contributed by atoms with Crippen LogP contribution >= 0.6 is 0 Å². The lowest BCUT2D eigenvalue weighted by Gasteiger charge is -2.28. The Bertz CT molecular complexity index is 422. The van der Waals surface area contributed by atoms with Gasteiger partial charge in [0.2, 0.25) is 6.43 Å². The molecule has 2 unspecified atom stereocenters. The number of alkyl halides is 2. The number of hydrogen-bond acceptors (Lipinski definition) is 4. The van der Waals surface area contributed by atoms with Crippen molar-refractivity contribution >= 4 is 0 Å². The van der Waals surface area contributed by atoms with Gasteiger partial charge in [-0.15, -0.1) is 0 Å². The average molecular weight is 239 g/mol. The molecule has 17 heavy (non-hydrogen) atoms. The molecular weight excluding hydrogens is 228 g/mol. The van der Waals surface area contributed by atoms with Crippen LogP contribution in [0.3, 0.4) is 0 Å². The molecule has 1 aliphatic rings. The highest BCUT2D eigenvalue weighted by Gasteiger charge is 2.41. The van der Waals surface area contributed by atoms with Crippen molar-refractivity contribution in [2.75, 3.05) is 0 Å². The molecule has 6 heteroatoms. The molecule has 0 aromatic carbocycles. The van der Waals surface area contributed by atoms with Crippen molar-refractivity contribution in [2.24, 2.45) is 10.2 Å². The molecule has 2 rings (SSSR count). The molecule has 2 heterocycles. The number of nitrogens with zero attached hydrogens (tertiary/aromatic N) is 3. The minimum atomic E-state index is -2.56. The third-order valence-electron chi connectivity index (χ3n) is 2.65. The smallest absolute Gasteiger partial charge is 0.241 e. The third kappa shape index (κ3) is 2.36. The van der Waals surface area contributed by atoms with Gasteiger partial charge in [0.05, 0.1) is 0 Å². The second kappa shape index (κ2) is 4.67. The summed E-state index contributed by atoms with van der Waals surface area (Å²) in [6.07, 6.45) is 1.44. The molecule has 0 saturated carbocycles. The maximum absolute atomic E-state index is 12.5. The second-order valence-electron chi connectivity index (χ2n) is 3.80. The fourth-order valence-corrected chi connectivity index (χ4v) is 1.78. The highest BCUT2D eigenvalue weighted by molar-refractivity contribution is 5.25. The summed E-state index contributed by atoms with van der Waals surface area (Å²) < 4.78 is 25.1. The lowest BCUT2D eigenvalue weighted by molar-refractivity contribution is 0.0494. The third-order valence-corrected chi connectivity index (χ3v) is 2.65. The van der Waals surface area contributed by atoms with E-state index in [1.807, 2.05) is 0 Å². The number of rotatable bonds is 4. The first kappa shape index (κ1) is 11.8. The second-order valence-corrected chi connectivity index (χ2v) is 3.80. The van der Waals surface area contributed by atoms with Gasteiger partial charge in [-0.3, -0.25) is 4.98 Å². The summed E-state index contributed by atoms with van der Waals surface area (Å²) in [4.78, 5) is 3.81. The molecular formula is C11H11F2N3O. The molecule has 0 aliphatic carbocycles. The molecule has 1 aromatic heterocycles. The molecule has 1 aliphatic heterocycles. The lowest BCUT2D eigenvalue weighted by Crippen LogP contribution is -2.33. The van der Waals surface area contributed by atoms with Crippen molar-refractivity contribution in [1.29, 1.82) is 0 Å². The molecule has 0 bridgehead atoms. The van der Waals surface area contributed by atoms with E-state index >= 15 is 0 Å².